The van der Waals surface area contributed by atoms with Gasteiger partial charge in [0.05, 0.1) is 18.0 Å². The number of carbonyl (C=O) groups is 1. The smallest absolute Gasteiger partial charge is 0.231 e. The predicted molar refractivity (Wildman–Crippen MR) is 115 cm³/mol. The number of nitrogens with zero attached hydrogens (tertiary/aromatic N) is 4. The molecule has 0 atom stereocenters. The average Bonchev–Trinajstić information content (AvgIpc) is 3.17. The molecule has 0 aliphatic carbocycles. The van der Waals surface area contributed by atoms with E-state index in [1.807, 2.05) is 18.2 Å². The van der Waals surface area contributed by atoms with Crippen LogP contribution in [0.1, 0.15) is 5.56 Å². The van der Waals surface area contributed by atoms with Gasteiger partial charge in [0.1, 0.15) is 12.4 Å². The Bertz CT molecular complexity index is 1230. The topological polar surface area (TPSA) is 81.4 Å². The van der Waals surface area contributed by atoms with Crippen molar-refractivity contribution in [1.29, 1.82) is 0 Å². The Morgan fingerprint density at radius 2 is 1.84 bits per heavy atom. The lowest BCUT2D eigenvalue weighted by Crippen LogP contribution is -2.29. The van der Waals surface area contributed by atoms with Gasteiger partial charge in [0.2, 0.25) is 11.8 Å². The summed E-state index contributed by atoms with van der Waals surface area (Å²) in [7, 11) is 0. The Morgan fingerprint density at radius 3 is 2.65 bits per heavy atom. The first-order chi connectivity index (χ1) is 15.0. The summed E-state index contributed by atoms with van der Waals surface area (Å²) in [6, 6.07) is 14.9. The number of halogens is 3. The Hall–Kier alpha value is -3.23. The molecular weight excluding hydrogens is 444 g/mol. The molecule has 1 N–H and O–H groups in total. The summed E-state index contributed by atoms with van der Waals surface area (Å²) in [4.78, 5) is 12.1. The Balaban J connectivity index is 1.37. The van der Waals surface area contributed by atoms with Crippen molar-refractivity contribution < 1.29 is 13.9 Å². The highest BCUT2D eigenvalue weighted by molar-refractivity contribution is 6.33. The third-order valence-electron chi connectivity index (χ3n) is 4.43. The van der Waals surface area contributed by atoms with Crippen LogP contribution >= 0.6 is 23.2 Å². The largest absolute Gasteiger partial charge is 0.475 e. The van der Waals surface area contributed by atoms with Crippen LogP contribution in [0.2, 0.25) is 10.0 Å². The zero-order valence-corrected chi connectivity index (χ0v) is 17.6. The number of hydrogen-bond donors (Lipinski definition) is 1. The number of benzene rings is 2. The minimum atomic E-state index is -0.514. The van der Waals surface area contributed by atoms with Gasteiger partial charge in [0.25, 0.3) is 0 Å². The van der Waals surface area contributed by atoms with Crippen molar-refractivity contribution in [2.75, 3.05) is 13.2 Å². The zero-order valence-electron chi connectivity index (χ0n) is 16.1. The number of carbonyl (C=O) groups excluding carboxylic acids is 1. The van der Waals surface area contributed by atoms with Crippen LogP contribution in [-0.2, 0) is 11.2 Å². The second kappa shape index (κ2) is 9.28. The first kappa shape index (κ1) is 21.0. The van der Waals surface area contributed by atoms with Crippen LogP contribution in [0.4, 0.5) is 4.39 Å². The van der Waals surface area contributed by atoms with E-state index in [0.717, 1.165) is 0 Å². The lowest BCUT2D eigenvalue weighted by molar-refractivity contribution is -0.120. The number of nitrogens with one attached hydrogen (secondary N) is 1. The summed E-state index contributed by atoms with van der Waals surface area (Å²) in [6.07, 6.45) is -0.155. The monoisotopic (exact) mass is 459 g/mol. The second-order valence-electron chi connectivity index (χ2n) is 6.52. The Labute approximate surface area is 186 Å². The molecule has 1 amide bonds. The predicted octanol–water partition coefficient (Wildman–Crippen LogP) is 3.97. The van der Waals surface area contributed by atoms with Crippen LogP contribution in [0, 0.1) is 5.82 Å². The molecule has 0 bridgehead atoms. The molecule has 0 saturated carbocycles. The first-order valence-electron chi connectivity index (χ1n) is 9.32. The van der Waals surface area contributed by atoms with E-state index < -0.39 is 5.82 Å². The maximum atomic E-state index is 13.8. The number of aromatic nitrogens is 4. The van der Waals surface area contributed by atoms with Gasteiger partial charge in [-0.1, -0.05) is 41.4 Å². The number of amides is 1. The van der Waals surface area contributed by atoms with E-state index in [-0.39, 0.29) is 36.1 Å². The minimum absolute atomic E-state index is 0.155. The van der Waals surface area contributed by atoms with E-state index in [9.17, 15) is 9.18 Å². The van der Waals surface area contributed by atoms with Crippen LogP contribution in [0.15, 0.2) is 54.6 Å². The van der Waals surface area contributed by atoms with E-state index in [1.54, 1.807) is 24.3 Å². The lowest BCUT2D eigenvalue weighted by Gasteiger charge is -2.09. The van der Waals surface area contributed by atoms with Crippen molar-refractivity contribution in [3.63, 3.8) is 0 Å². The van der Waals surface area contributed by atoms with E-state index in [2.05, 4.69) is 20.6 Å². The van der Waals surface area contributed by atoms with Gasteiger partial charge in [0.15, 0.2) is 11.5 Å². The molecule has 0 aliphatic heterocycles. The molecule has 0 fully saturated rings. The van der Waals surface area contributed by atoms with E-state index in [4.69, 9.17) is 27.9 Å². The number of fused-ring (bicyclic) bond motifs is 1. The van der Waals surface area contributed by atoms with Crippen molar-refractivity contribution in [2.24, 2.45) is 0 Å². The molecule has 7 nitrogen and oxygen atoms in total. The van der Waals surface area contributed by atoms with E-state index in [0.29, 0.717) is 27.9 Å². The van der Waals surface area contributed by atoms with Gasteiger partial charge in [-0.2, -0.15) is 4.52 Å². The summed E-state index contributed by atoms with van der Waals surface area (Å²) >= 11 is 12.2. The molecule has 4 rings (SSSR count). The van der Waals surface area contributed by atoms with Crippen molar-refractivity contribution in [1.82, 2.24) is 25.1 Å². The third-order valence-corrected chi connectivity index (χ3v) is 5.11. The van der Waals surface area contributed by atoms with Crippen molar-refractivity contribution in [2.45, 2.75) is 6.42 Å². The Kier molecular flexibility index (Phi) is 6.29. The summed E-state index contributed by atoms with van der Waals surface area (Å²) in [5, 5.41) is 16.0. The Morgan fingerprint density at radius 1 is 1.03 bits per heavy atom. The molecule has 158 valence electrons. The fourth-order valence-corrected chi connectivity index (χ4v) is 3.38. The molecule has 10 heteroatoms. The quantitative estimate of drug-likeness (QED) is 0.422. The van der Waals surface area contributed by atoms with Crippen LogP contribution in [0.3, 0.4) is 0 Å². The van der Waals surface area contributed by atoms with E-state index in [1.165, 1.54) is 16.6 Å². The van der Waals surface area contributed by atoms with Gasteiger partial charge in [-0.25, -0.2) is 4.39 Å². The maximum Gasteiger partial charge on any atom is 0.231 e. The highest BCUT2D eigenvalue weighted by atomic mass is 35.5. The van der Waals surface area contributed by atoms with Crippen LogP contribution < -0.4 is 10.1 Å². The highest BCUT2D eigenvalue weighted by Crippen LogP contribution is 2.26. The molecule has 2 aromatic carbocycles. The standard InChI is InChI=1S/C21H16Cl2FN5O2/c22-15-5-2-1-4-13(15)21-27-26-18-8-9-20(28-29(18)21)31-11-10-25-19(30)12-14-16(23)6-3-7-17(14)24/h1-9H,10-12H2,(H,25,30). The molecule has 31 heavy (non-hydrogen) atoms. The highest BCUT2D eigenvalue weighted by Gasteiger charge is 2.14. The normalized spacial score (nSPS) is 10.9. The first-order valence-corrected chi connectivity index (χ1v) is 10.1. The molecule has 0 saturated heterocycles. The summed E-state index contributed by atoms with van der Waals surface area (Å²) in [5.41, 5.74) is 1.40. The van der Waals surface area contributed by atoms with Crippen LogP contribution in [-0.4, -0.2) is 38.9 Å². The fourth-order valence-electron chi connectivity index (χ4n) is 2.93. The van der Waals surface area contributed by atoms with Gasteiger partial charge in [0, 0.05) is 22.2 Å². The molecule has 0 aliphatic rings. The van der Waals surface area contributed by atoms with Crippen LogP contribution in [0.5, 0.6) is 5.88 Å². The molecule has 2 heterocycles. The molecule has 0 radical (unpaired) electrons. The lowest BCUT2D eigenvalue weighted by atomic mass is 10.1. The number of ether oxygens (including phenoxy) is 1. The summed E-state index contributed by atoms with van der Waals surface area (Å²) in [6.45, 7) is 0.378. The number of hydrogen-bond acceptors (Lipinski definition) is 5. The molecule has 0 unspecified atom stereocenters. The van der Waals surface area contributed by atoms with Crippen molar-refractivity contribution >= 4 is 34.8 Å². The van der Waals surface area contributed by atoms with Gasteiger partial charge >= 0.3 is 0 Å². The minimum Gasteiger partial charge on any atom is -0.475 e. The molecular formula is C21H16Cl2FN5O2. The fraction of sp³-hybridized carbons (Fsp3) is 0.143. The SMILES string of the molecule is O=C(Cc1c(F)cccc1Cl)NCCOc1ccc2nnc(-c3ccccc3Cl)n2n1. The van der Waals surface area contributed by atoms with Gasteiger partial charge < -0.3 is 10.1 Å². The number of rotatable bonds is 7. The summed E-state index contributed by atoms with van der Waals surface area (Å²) in [5.74, 6) is -0.0633. The van der Waals surface area contributed by atoms with Crippen LogP contribution in [0.25, 0.3) is 17.0 Å². The molecule has 2 aromatic heterocycles. The van der Waals surface area contributed by atoms with Crippen molar-refractivity contribution in [3.05, 3.63) is 76.0 Å². The second-order valence-corrected chi connectivity index (χ2v) is 7.33. The molecule has 0 spiro atoms. The van der Waals surface area contributed by atoms with Gasteiger partial charge in [-0.05, 0) is 30.3 Å². The van der Waals surface area contributed by atoms with Gasteiger partial charge in [-0.3, -0.25) is 4.79 Å². The molecule has 4 aromatic rings. The van der Waals surface area contributed by atoms with Gasteiger partial charge in [-0.15, -0.1) is 15.3 Å². The van der Waals surface area contributed by atoms with Crippen molar-refractivity contribution in [3.8, 4) is 17.3 Å². The zero-order chi connectivity index (χ0) is 21.8. The summed E-state index contributed by atoms with van der Waals surface area (Å²) < 4.78 is 20.9. The van der Waals surface area contributed by atoms with E-state index >= 15 is 0 Å². The average molecular weight is 460 g/mol. The third kappa shape index (κ3) is 4.76. The maximum absolute atomic E-state index is 13.8.